The van der Waals surface area contributed by atoms with Crippen LogP contribution in [0, 0.1) is 0 Å². The Morgan fingerprint density at radius 1 is 1.18 bits per heavy atom. The minimum atomic E-state index is -4.34. The van der Waals surface area contributed by atoms with Crippen molar-refractivity contribution in [2.75, 3.05) is 36.8 Å². The van der Waals surface area contributed by atoms with Crippen molar-refractivity contribution in [3.05, 3.63) is 23.8 Å². The SMILES string of the molecule is Nc1cc(C(F)(F)F)ccc1N1CCNCC1. The Hall–Kier alpha value is -1.43. The van der Waals surface area contributed by atoms with E-state index in [1.54, 1.807) is 0 Å². The predicted octanol–water partition coefficient (Wildman–Crippen LogP) is 1.70. The van der Waals surface area contributed by atoms with Crippen molar-refractivity contribution < 1.29 is 13.2 Å². The summed E-state index contributed by atoms with van der Waals surface area (Å²) in [5, 5.41) is 3.18. The summed E-state index contributed by atoms with van der Waals surface area (Å²) in [5.74, 6) is 0. The summed E-state index contributed by atoms with van der Waals surface area (Å²) < 4.78 is 37.4. The van der Waals surface area contributed by atoms with Gasteiger partial charge in [0.25, 0.3) is 0 Å². The summed E-state index contributed by atoms with van der Waals surface area (Å²) in [5.41, 5.74) is 5.85. The van der Waals surface area contributed by atoms with Gasteiger partial charge in [0, 0.05) is 26.2 Å². The molecule has 0 amide bonds. The van der Waals surface area contributed by atoms with Crippen molar-refractivity contribution in [3.8, 4) is 0 Å². The summed E-state index contributed by atoms with van der Waals surface area (Å²) in [6.45, 7) is 3.16. The Bertz CT molecular complexity index is 397. The van der Waals surface area contributed by atoms with Gasteiger partial charge in [0.1, 0.15) is 0 Å². The molecular weight excluding hydrogens is 231 g/mol. The van der Waals surface area contributed by atoms with Gasteiger partial charge in [-0.05, 0) is 18.2 Å². The van der Waals surface area contributed by atoms with Crippen LogP contribution in [0.1, 0.15) is 5.56 Å². The highest BCUT2D eigenvalue weighted by Gasteiger charge is 2.31. The third-order valence-electron chi connectivity index (χ3n) is 2.81. The van der Waals surface area contributed by atoms with E-state index in [0.29, 0.717) is 5.69 Å². The number of hydrogen-bond acceptors (Lipinski definition) is 3. The Labute approximate surface area is 97.4 Å². The molecule has 6 heteroatoms. The fourth-order valence-electron chi connectivity index (χ4n) is 1.92. The first-order valence-corrected chi connectivity index (χ1v) is 5.41. The molecule has 1 aromatic rings. The van der Waals surface area contributed by atoms with Crippen LogP contribution in [0.25, 0.3) is 0 Å². The molecule has 0 radical (unpaired) electrons. The highest BCUT2D eigenvalue weighted by molar-refractivity contribution is 5.69. The van der Waals surface area contributed by atoms with Gasteiger partial charge in [-0.15, -0.1) is 0 Å². The number of nitrogens with one attached hydrogen (secondary N) is 1. The smallest absolute Gasteiger partial charge is 0.397 e. The number of hydrogen-bond donors (Lipinski definition) is 2. The van der Waals surface area contributed by atoms with Crippen LogP contribution >= 0.6 is 0 Å². The molecule has 1 aromatic carbocycles. The largest absolute Gasteiger partial charge is 0.416 e. The number of nitrogen functional groups attached to an aromatic ring is 1. The van der Waals surface area contributed by atoms with Gasteiger partial charge in [-0.1, -0.05) is 0 Å². The van der Waals surface area contributed by atoms with Gasteiger partial charge in [-0.2, -0.15) is 13.2 Å². The van der Waals surface area contributed by atoms with Gasteiger partial charge in [0.15, 0.2) is 0 Å². The molecule has 0 saturated carbocycles. The number of halogens is 3. The van der Waals surface area contributed by atoms with Crippen LogP contribution in [0.4, 0.5) is 24.5 Å². The molecule has 1 saturated heterocycles. The lowest BCUT2D eigenvalue weighted by atomic mass is 10.1. The van der Waals surface area contributed by atoms with E-state index < -0.39 is 11.7 Å². The summed E-state index contributed by atoms with van der Waals surface area (Å²) in [7, 11) is 0. The number of nitrogens with zero attached hydrogens (tertiary/aromatic N) is 1. The fourth-order valence-corrected chi connectivity index (χ4v) is 1.92. The van der Waals surface area contributed by atoms with E-state index in [1.165, 1.54) is 6.07 Å². The van der Waals surface area contributed by atoms with Crippen molar-refractivity contribution in [1.82, 2.24) is 5.32 Å². The molecule has 3 nitrogen and oxygen atoms in total. The molecule has 0 aliphatic carbocycles. The van der Waals surface area contributed by atoms with E-state index in [9.17, 15) is 13.2 Å². The molecule has 0 bridgehead atoms. The Morgan fingerprint density at radius 3 is 2.35 bits per heavy atom. The van der Waals surface area contributed by atoms with Gasteiger partial charge in [0.05, 0.1) is 16.9 Å². The number of alkyl halides is 3. The van der Waals surface area contributed by atoms with E-state index in [4.69, 9.17) is 5.73 Å². The van der Waals surface area contributed by atoms with Gasteiger partial charge in [-0.25, -0.2) is 0 Å². The van der Waals surface area contributed by atoms with Crippen LogP contribution < -0.4 is 16.0 Å². The molecule has 0 unspecified atom stereocenters. The second-order valence-electron chi connectivity index (χ2n) is 4.01. The average Bonchev–Trinajstić information content (AvgIpc) is 2.29. The molecule has 3 N–H and O–H groups in total. The maximum absolute atomic E-state index is 12.5. The number of anilines is 2. The average molecular weight is 245 g/mol. The second-order valence-corrected chi connectivity index (χ2v) is 4.01. The highest BCUT2D eigenvalue weighted by atomic mass is 19.4. The normalized spacial score (nSPS) is 17.2. The zero-order chi connectivity index (χ0) is 12.5. The number of piperazine rings is 1. The quantitative estimate of drug-likeness (QED) is 0.740. The van der Waals surface area contributed by atoms with E-state index in [1.807, 2.05) is 4.90 Å². The minimum absolute atomic E-state index is 0.182. The van der Waals surface area contributed by atoms with Crippen molar-refractivity contribution in [2.45, 2.75) is 6.18 Å². The molecule has 0 aromatic heterocycles. The number of benzene rings is 1. The van der Waals surface area contributed by atoms with Crippen LogP contribution in [0.2, 0.25) is 0 Å². The monoisotopic (exact) mass is 245 g/mol. The lowest BCUT2D eigenvalue weighted by Gasteiger charge is -2.30. The molecule has 1 fully saturated rings. The summed E-state index contributed by atoms with van der Waals surface area (Å²) >= 11 is 0. The lowest BCUT2D eigenvalue weighted by Crippen LogP contribution is -2.43. The maximum atomic E-state index is 12.5. The zero-order valence-electron chi connectivity index (χ0n) is 9.22. The number of rotatable bonds is 1. The van der Waals surface area contributed by atoms with E-state index >= 15 is 0 Å². The van der Waals surface area contributed by atoms with E-state index in [2.05, 4.69) is 5.32 Å². The van der Waals surface area contributed by atoms with Crippen molar-refractivity contribution in [1.29, 1.82) is 0 Å². The fraction of sp³-hybridized carbons (Fsp3) is 0.455. The molecular formula is C11H14F3N3. The molecule has 1 aliphatic rings. The van der Waals surface area contributed by atoms with Crippen molar-refractivity contribution >= 4 is 11.4 Å². The Kier molecular flexibility index (Phi) is 3.15. The second kappa shape index (κ2) is 4.44. The van der Waals surface area contributed by atoms with Gasteiger partial charge in [0.2, 0.25) is 0 Å². The minimum Gasteiger partial charge on any atom is -0.397 e. The molecule has 0 spiro atoms. The van der Waals surface area contributed by atoms with Crippen LogP contribution in [0.5, 0.6) is 0 Å². The zero-order valence-corrected chi connectivity index (χ0v) is 9.22. The first-order valence-electron chi connectivity index (χ1n) is 5.41. The van der Waals surface area contributed by atoms with Crippen LogP contribution in [-0.2, 0) is 6.18 Å². The van der Waals surface area contributed by atoms with Crippen LogP contribution in [0.15, 0.2) is 18.2 Å². The maximum Gasteiger partial charge on any atom is 0.416 e. The third-order valence-corrected chi connectivity index (χ3v) is 2.81. The standard InChI is InChI=1S/C11H14F3N3/c12-11(13,14)8-1-2-10(9(15)7-8)17-5-3-16-4-6-17/h1-2,7,16H,3-6,15H2. The molecule has 0 atom stereocenters. The summed E-state index contributed by atoms with van der Waals surface area (Å²) in [6.07, 6.45) is -4.34. The summed E-state index contributed by atoms with van der Waals surface area (Å²) in [6, 6.07) is 3.52. The van der Waals surface area contributed by atoms with Gasteiger partial charge < -0.3 is 16.0 Å². The van der Waals surface area contributed by atoms with Gasteiger partial charge >= 0.3 is 6.18 Å². The molecule has 1 heterocycles. The topological polar surface area (TPSA) is 41.3 Å². The Balaban J connectivity index is 2.25. The van der Waals surface area contributed by atoms with E-state index in [-0.39, 0.29) is 5.69 Å². The summed E-state index contributed by atoms with van der Waals surface area (Å²) in [4.78, 5) is 1.99. The van der Waals surface area contributed by atoms with Crippen molar-refractivity contribution in [2.24, 2.45) is 0 Å². The first kappa shape index (κ1) is 12.0. The van der Waals surface area contributed by atoms with Crippen molar-refractivity contribution in [3.63, 3.8) is 0 Å². The molecule has 17 heavy (non-hydrogen) atoms. The number of nitrogens with two attached hydrogens (primary N) is 1. The Morgan fingerprint density at radius 2 is 1.82 bits per heavy atom. The highest BCUT2D eigenvalue weighted by Crippen LogP contribution is 2.34. The molecule has 94 valence electrons. The third kappa shape index (κ3) is 2.63. The molecule has 2 rings (SSSR count). The molecule has 1 aliphatic heterocycles. The van der Waals surface area contributed by atoms with Crippen LogP contribution in [0.3, 0.4) is 0 Å². The lowest BCUT2D eigenvalue weighted by molar-refractivity contribution is -0.137. The van der Waals surface area contributed by atoms with Gasteiger partial charge in [-0.3, -0.25) is 0 Å². The van der Waals surface area contributed by atoms with Crippen LogP contribution in [-0.4, -0.2) is 26.2 Å². The van der Waals surface area contributed by atoms with E-state index in [0.717, 1.165) is 38.3 Å². The predicted molar refractivity (Wildman–Crippen MR) is 60.9 cm³/mol. The first-order chi connectivity index (χ1) is 7.98.